The van der Waals surface area contributed by atoms with Crippen molar-refractivity contribution in [3.63, 3.8) is 0 Å². The Balaban J connectivity index is 2.47. The molecule has 1 saturated heterocycles. The van der Waals surface area contributed by atoms with Crippen molar-refractivity contribution >= 4 is 0 Å². The fraction of sp³-hybridized carbons (Fsp3) is 0.818. The Kier molecular flexibility index (Phi) is 5.15. The lowest BCUT2D eigenvalue weighted by Gasteiger charge is -2.27. The van der Waals surface area contributed by atoms with Crippen molar-refractivity contribution < 1.29 is 5.11 Å². The van der Waals surface area contributed by atoms with Crippen LogP contribution in [0.4, 0.5) is 0 Å². The molecule has 0 bridgehead atoms. The number of aliphatic hydroxyl groups is 1. The third kappa shape index (κ3) is 3.40. The summed E-state index contributed by atoms with van der Waals surface area (Å²) in [4.78, 5) is 4.77. The van der Waals surface area contributed by atoms with Crippen molar-refractivity contribution in [2.45, 2.75) is 18.9 Å². The van der Waals surface area contributed by atoms with Crippen molar-refractivity contribution in [3.8, 4) is 0 Å². The number of likely N-dealkylation sites (N-methyl/N-ethyl adjacent to an activating group) is 1. The molecule has 0 saturated carbocycles. The van der Waals surface area contributed by atoms with Crippen LogP contribution < -0.4 is 0 Å². The van der Waals surface area contributed by atoms with E-state index in [1.165, 1.54) is 6.42 Å². The van der Waals surface area contributed by atoms with Gasteiger partial charge >= 0.3 is 0 Å². The molecule has 3 nitrogen and oxygen atoms in total. The van der Waals surface area contributed by atoms with E-state index in [4.69, 9.17) is 5.11 Å². The van der Waals surface area contributed by atoms with Gasteiger partial charge in [-0.2, -0.15) is 0 Å². The van der Waals surface area contributed by atoms with Crippen LogP contribution >= 0.6 is 0 Å². The zero-order valence-corrected chi connectivity index (χ0v) is 9.15. The van der Waals surface area contributed by atoms with Crippen LogP contribution in [0.3, 0.4) is 0 Å². The van der Waals surface area contributed by atoms with Crippen LogP contribution in [0.5, 0.6) is 0 Å². The first-order chi connectivity index (χ1) is 6.77. The highest BCUT2D eigenvalue weighted by Gasteiger charge is 2.20. The van der Waals surface area contributed by atoms with Gasteiger partial charge in [-0.25, -0.2) is 0 Å². The molecule has 0 radical (unpaired) electrons. The molecule has 0 amide bonds. The predicted octanol–water partition coefficient (Wildman–Crippen LogP) is 0.561. The quantitative estimate of drug-likeness (QED) is 0.669. The van der Waals surface area contributed by atoms with E-state index in [0.717, 1.165) is 32.6 Å². The van der Waals surface area contributed by atoms with Gasteiger partial charge in [0.2, 0.25) is 0 Å². The van der Waals surface area contributed by atoms with E-state index in [1.54, 1.807) is 0 Å². The Bertz CT molecular complexity index is 173. The third-order valence-corrected chi connectivity index (χ3v) is 2.93. The second kappa shape index (κ2) is 6.17. The van der Waals surface area contributed by atoms with E-state index < -0.39 is 0 Å². The molecule has 0 aromatic heterocycles. The summed E-state index contributed by atoms with van der Waals surface area (Å²) < 4.78 is 0. The molecular formula is C11H22N2O. The van der Waals surface area contributed by atoms with Crippen LogP contribution in [0.15, 0.2) is 12.7 Å². The highest BCUT2D eigenvalue weighted by atomic mass is 16.3. The summed E-state index contributed by atoms with van der Waals surface area (Å²) in [7, 11) is 2.15. The maximum atomic E-state index is 8.98. The Hall–Kier alpha value is -0.380. The monoisotopic (exact) mass is 198 g/mol. The van der Waals surface area contributed by atoms with E-state index in [1.807, 2.05) is 6.08 Å². The number of rotatable bonds is 4. The number of hydrogen-bond donors (Lipinski definition) is 1. The second-order valence-corrected chi connectivity index (χ2v) is 4.05. The van der Waals surface area contributed by atoms with E-state index in [9.17, 15) is 0 Å². The van der Waals surface area contributed by atoms with Crippen LogP contribution in [0.25, 0.3) is 0 Å². The second-order valence-electron chi connectivity index (χ2n) is 4.05. The maximum absolute atomic E-state index is 8.98. The van der Waals surface area contributed by atoms with Crippen molar-refractivity contribution in [2.24, 2.45) is 0 Å². The summed E-state index contributed by atoms with van der Waals surface area (Å²) in [5, 5.41) is 8.98. The van der Waals surface area contributed by atoms with Gasteiger partial charge in [0, 0.05) is 25.7 Å². The SMILES string of the molecule is C=CCN1CCCN(C)C(CCO)C1. The lowest BCUT2D eigenvalue weighted by Crippen LogP contribution is -2.39. The minimum absolute atomic E-state index is 0.289. The van der Waals surface area contributed by atoms with Crippen molar-refractivity contribution in [1.29, 1.82) is 0 Å². The van der Waals surface area contributed by atoms with E-state index in [-0.39, 0.29) is 6.61 Å². The van der Waals surface area contributed by atoms with Crippen LogP contribution in [0.2, 0.25) is 0 Å². The molecule has 1 heterocycles. The molecule has 1 atom stereocenters. The molecule has 1 aliphatic heterocycles. The van der Waals surface area contributed by atoms with Crippen LogP contribution in [-0.2, 0) is 0 Å². The van der Waals surface area contributed by atoms with E-state index in [0.29, 0.717) is 6.04 Å². The molecule has 0 aromatic rings. The Morgan fingerprint density at radius 1 is 1.50 bits per heavy atom. The number of nitrogens with zero attached hydrogens (tertiary/aromatic N) is 2. The molecule has 82 valence electrons. The smallest absolute Gasteiger partial charge is 0.0446 e. The molecule has 1 unspecified atom stereocenters. The average molecular weight is 198 g/mol. The van der Waals surface area contributed by atoms with Crippen LogP contribution in [0.1, 0.15) is 12.8 Å². The molecular weight excluding hydrogens is 176 g/mol. The highest BCUT2D eigenvalue weighted by Crippen LogP contribution is 2.10. The van der Waals surface area contributed by atoms with Crippen molar-refractivity contribution in [1.82, 2.24) is 9.80 Å². The summed E-state index contributed by atoms with van der Waals surface area (Å²) in [5.74, 6) is 0. The molecule has 0 aliphatic carbocycles. The molecule has 14 heavy (non-hydrogen) atoms. The Morgan fingerprint density at radius 2 is 2.29 bits per heavy atom. The van der Waals surface area contributed by atoms with Gasteiger partial charge in [-0.3, -0.25) is 4.90 Å². The molecule has 0 spiro atoms. The van der Waals surface area contributed by atoms with Gasteiger partial charge in [-0.15, -0.1) is 6.58 Å². The minimum atomic E-state index is 0.289. The standard InChI is InChI=1S/C11H22N2O/c1-3-6-13-8-4-7-12(2)11(10-13)5-9-14/h3,11,14H,1,4-10H2,2H3. The average Bonchev–Trinajstić information content (AvgIpc) is 2.31. The lowest BCUT2D eigenvalue weighted by atomic mass is 10.2. The Labute approximate surface area is 87.0 Å². The first-order valence-corrected chi connectivity index (χ1v) is 5.42. The summed E-state index contributed by atoms with van der Waals surface area (Å²) >= 11 is 0. The fourth-order valence-electron chi connectivity index (χ4n) is 2.06. The summed E-state index contributed by atoms with van der Waals surface area (Å²) in [6.07, 6.45) is 4.05. The summed E-state index contributed by atoms with van der Waals surface area (Å²) in [5.41, 5.74) is 0. The molecule has 1 fully saturated rings. The van der Waals surface area contributed by atoms with Gasteiger partial charge in [-0.1, -0.05) is 6.08 Å². The largest absolute Gasteiger partial charge is 0.396 e. The number of aliphatic hydroxyl groups excluding tert-OH is 1. The number of hydrogen-bond acceptors (Lipinski definition) is 3. The van der Waals surface area contributed by atoms with Gasteiger partial charge in [0.05, 0.1) is 0 Å². The maximum Gasteiger partial charge on any atom is 0.0446 e. The van der Waals surface area contributed by atoms with Crippen LogP contribution in [0, 0.1) is 0 Å². The van der Waals surface area contributed by atoms with Gasteiger partial charge in [0.1, 0.15) is 0 Å². The van der Waals surface area contributed by atoms with Crippen LogP contribution in [-0.4, -0.2) is 60.8 Å². The van der Waals surface area contributed by atoms with Gasteiger partial charge in [0.15, 0.2) is 0 Å². The van der Waals surface area contributed by atoms with Crippen molar-refractivity contribution in [3.05, 3.63) is 12.7 Å². The lowest BCUT2D eigenvalue weighted by molar-refractivity contribution is 0.170. The topological polar surface area (TPSA) is 26.7 Å². The highest BCUT2D eigenvalue weighted by molar-refractivity contribution is 4.81. The predicted molar refractivity (Wildman–Crippen MR) is 59.4 cm³/mol. The first kappa shape index (κ1) is 11.7. The van der Waals surface area contributed by atoms with Gasteiger partial charge < -0.3 is 10.0 Å². The molecule has 1 N–H and O–H groups in total. The zero-order valence-electron chi connectivity index (χ0n) is 9.15. The molecule has 3 heteroatoms. The first-order valence-electron chi connectivity index (χ1n) is 5.42. The van der Waals surface area contributed by atoms with Crippen molar-refractivity contribution in [2.75, 3.05) is 39.8 Å². The van der Waals surface area contributed by atoms with Gasteiger partial charge in [0.25, 0.3) is 0 Å². The minimum Gasteiger partial charge on any atom is -0.396 e. The zero-order chi connectivity index (χ0) is 10.4. The normalized spacial score (nSPS) is 26.0. The van der Waals surface area contributed by atoms with Gasteiger partial charge in [-0.05, 0) is 33.0 Å². The Morgan fingerprint density at radius 3 is 2.93 bits per heavy atom. The summed E-state index contributed by atoms with van der Waals surface area (Å²) in [6.45, 7) is 8.37. The molecule has 1 rings (SSSR count). The van der Waals surface area contributed by atoms with E-state index in [2.05, 4.69) is 23.4 Å². The van der Waals surface area contributed by atoms with E-state index >= 15 is 0 Å². The molecule has 0 aromatic carbocycles. The molecule has 1 aliphatic rings. The summed E-state index contributed by atoms with van der Waals surface area (Å²) in [6, 6.07) is 0.502. The fourth-order valence-corrected chi connectivity index (χ4v) is 2.06. The third-order valence-electron chi connectivity index (χ3n) is 2.93.